The number of aromatic nitrogens is 1. The molecule has 1 aromatic heterocycles. The number of terminal acetylenes is 1. The number of carbonyl (C=O) groups is 2. The summed E-state index contributed by atoms with van der Waals surface area (Å²) >= 11 is 0. The molecule has 8 nitrogen and oxygen atoms in total. The lowest BCUT2D eigenvalue weighted by molar-refractivity contribution is -0.132. The van der Waals surface area contributed by atoms with E-state index < -0.39 is 6.09 Å². The molecule has 2 rings (SSSR count). The summed E-state index contributed by atoms with van der Waals surface area (Å²) in [5.41, 5.74) is 0. The SMILES string of the molecule is C#CCCC(=O)N1CCN(C(=O)On2c(O)ccc2O)CC1. The number of carbonyl (C=O) groups excluding carboxylic acids is 2. The summed E-state index contributed by atoms with van der Waals surface area (Å²) in [6.45, 7) is 1.40. The molecule has 0 saturated carbocycles. The first kappa shape index (κ1) is 15.6. The Labute approximate surface area is 127 Å². The zero-order chi connectivity index (χ0) is 16.1. The summed E-state index contributed by atoms with van der Waals surface area (Å²) in [5, 5.41) is 18.8. The Balaban J connectivity index is 1.85. The molecule has 1 aromatic rings. The van der Waals surface area contributed by atoms with Crippen molar-refractivity contribution in [2.24, 2.45) is 0 Å². The van der Waals surface area contributed by atoms with E-state index in [1.54, 1.807) is 4.90 Å². The second kappa shape index (κ2) is 6.76. The van der Waals surface area contributed by atoms with Crippen LogP contribution in [0, 0.1) is 12.3 Å². The molecule has 0 unspecified atom stereocenters. The minimum absolute atomic E-state index is 0.0355. The van der Waals surface area contributed by atoms with Gasteiger partial charge in [-0.15, -0.1) is 17.1 Å². The highest BCUT2D eigenvalue weighted by Gasteiger charge is 2.26. The molecule has 118 valence electrons. The van der Waals surface area contributed by atoms with Crippen molar-refractivity contribution in [3.8, 4) is 24.1 Å². The maximum absolute atomic E-state index is 11.9. The van der Waals surface area contributed by atoms with Crippen LogP contribution in [-0.4, -0.2) is 62.9 Å². The number of aromatic hydroxyl groups is 2. The molecule has 0 atom stereocenters. The van der Waals surface area contributed by atoms with E-state index in [9.17, 15) is 19.8 Å². The molecule has 1 aliphatic rings. The number of nitrogens with zero attached hydrogens (tertiary/aromatic N) is 3. The molecule has 2 amide bonds. The summed E-state index contributed by atoms with van der Waals surface area (Å²) in [5.74, 6) is 1.62. The Bertz CT molecular complexity index is 577. The fourth-order valence-corrected chi connectivity index (χ4v) is 2.11. The number of rotatable bonds is 3. The third-order valence-corrected chi connectivity index (χ3v) is 3.34. The number of hydrogen-bond acceptors (Lipinski definition) is 5. The first-order valence-corrected chi connectivity index (χ1v) is 6.81. The Morgan fingerprint density at radius 2 is 1.68 bits per heavy atom. The minimum Gasteiger partial charge on any atom is -0.492 e. The van der Waals surface area contributed by atoms with Crippen LogP contribution in [0.3, 0.4) is 0 Å². The van der Waals surface area contributed by atoms with E-state index in [-0.39, 0.29) is 17.7 Å². The number of hydrogen-bond donors (Lipinski definition) is 2. The van der Waals surface area contributed by atoms with E-state index in [4.69, 9.17) is 11.3 Å². The van der Waals surface area contributed by atoms with Gasteiger partial charge in [0.25, 0.3) is 0 Å². The third-order valence-electron chi connectivity index (χ3n) is 3.34. The van der Waals surface area contributed by atoms with Gasteiger partial charge in [0.1, 0.15) is 0 Å². The van der Waals surface area contributed by atoms with E-state index in [1.807, 2.05) is 0 Å². The predicted molar refractivity (Wildman–Crippen MR) is 76.0 cm³/mol. The van der Waals surface area contributed by atoms with E-state index in [0.29, 0.717) is 43.8 Å². The van der Waals surface area contributed by atoms with Crippen LogP contribution in [0.15, 0.2) is 12.1 Å². The van der Waals surface area contributed by atoms with Gasteiger partial charge in [-0.25, -0.2) is 4.79 Å². The molecule has 2 heterocycles. The molecule has 1 saturated heterocycles. The Kier molecular flexibility index (Phi) is 4.78. The van der Waals surface area contributed by atoms with Gasteiger partial charge in [-0.2, -0.15) is 0 Å². The highest BCUT2D eigenvalue weighted by atomic mass is 16.7. The molecule has 8 heteroatoms. The molecule has 0 aliphatic carbocycles. The smallest absolute Gasteiger partial charge is 0.434 e. The quantitative estimate of drug-likeness (QED) is 0.767. The van der Waals surface area contributed by atoms with Crippen LogP contribution in [0.25, 0.3) is 0 Å². The predicted octanol–water partition coefficient (Wildman–Crippen LogP) is 0.00550. The van der Waals surface area contributed by atoms with Crippen LogP contribution in [-0.2, 0) is 4.79 Å². The third kappa shape index (κ3) is 3.44. The lowest BCUT2D eigenvalue weighted by Crippen LogP contribution is -2.52. The fourth-order valence-electron chi connectivity index (χ4n) is 2.11. The van der Waals surface area contributed by atoms with Crippen molar-refractivity contribution in [3.05, 3.63) is 12.1 Å². The van der Waals surface area contributed by atoms with Gasteiger partial charge in [-0.05, 0) is 0 Å². The van der Waals surface area contributed by atoms with E-state index in [2.05, 4.69) is 5.92 Å². The number of amides is 2. The molecule has 0 radical (unpaired) electrons. The Hall–Kier alpha value is -2.82. The molecule has 0 aromatic carbocycles. The summed E-state index contributed by atoms with van der Waals surface area (Å²) < 4.78 is 0.632. The monoisotopic (exact) mass is 307 g/mol. The molecule has 1 aliphatic heterocycles. The van der Waals surface area contributed by atoms with Gasteiger partial charge < -0.3 is 24.9 Å². The summed E-state index contributed by atoms with van der Waals surface area (Å²) in [6.07, 6.45) is 5.11. The average Bonchev–Trinajstić information content (AvgIpc) is 2.84. The molecule has 0 spiro atoms. The van der Waals surface area contributed by atoms with Crippen molar-refractivity contribution >= 4 is 12.0 Å². The second-order valence-corrected chi connectivity index (χ2v) is 4.77. The summed E-state index contributed by atoms with van der Waals surface area (Å²) in [6, 6.07) is 2.40. The molecule has 2 N–H and O–H groups in total. The highest BCUT2D eigenvalue weighted by Crippen LogP contribution is 2.19. The van der Waals surface area contributed by atoms with Gasteiger partial charge in [-0.1, -0.05) is 0 Å². The fraction of sp³-hybridized carbons (Fsp3) is 0.429. The number of piperazine rings is 1. The zero-order valence-corrected chi connectivity index (χ0v) is 11.9. The lowest BCUT2D eigenvalue weighted by Gasteiger charge is -2.33. The Morgan fingerprint density at radius 1 is 1.14 bits per heavy atom. The second-order valence-electron chi connectivity index (χ2n) is 4.77. The standard InChI is InChI=1S/C14H17N3O5/c1-2-3-4-11(18)15-7-9-16(10-8-15)14(21)22-17-12(19)5-6-13(17)20/h1,5-6,19-20H,3-4,7-10H2. The summed E-state index contributed by atoms with van der Waals surface area (Å²) in [7, 11) is 0. The van der Waals surface area contributed by atoms with Gasteiger partial charge >= 0.3 is 6.09 Å². The van der Waals surface area contributed by atoms with E-state index in [1.165, 1.54) is 17.0 Å². The molecular formula is C14H17N3O5. The average molecular weight is 307 g/mol. The zero-order valence-electron chi connectivity index (χ0n) is 11.9. The van der Waals surface area contributed by atoms with Gasteiger partial charge in [-0.3, -0.25) is 4.79 Å². The van der Waals surface area contributed by atoms with Crippen LogP contribution in [0.1, 0.15) is 12.8 Å². The van der Waals surface area contributed by atoms with Gasteiger partial charge in [0, 0.05) is 51.2 Å². The normalized spacial score (nSPS) is 14.5. The van der Waals surface area contributed by atoms with Crippen molar-refractivity contribution in [2.75, 3.05) is 26.2 Å². The summed E-state index contributed by atoms with van der Waals surface area (Å²) in [4.78, 5) is 31.7. The first-order valence-electron chi connectivity index (χ1n) is 6.81. The van der Waals surface area contributed by atoms with E-state index >= 15 is 0 Å². The van der Waals surface area contributed by atoms with Crippen LogP contribution in [0.5, 0.6) is 11.8 Å². The van der Waals surface area contributed by atoms with Crippen molar-refractivity contribution in [3.63, 3.8) is 0 Å². The van der Waals surface area contributed by atoms with Gasteiger partial charge in [0.2, 0.25) is 17.7 Å². The van der Waals surface area contributed by atoms with E-state index in [0.717, 1.165) is 0 Å². The maximum atomic E-state index is 11.9. The van der Waals surface area contributed by atoms with Crippen molar-refractivity contribution in [1.29, 1.82) is 0 Å². The maximum Gasteiger partial charge on any atom is 0.434 e. The van der Waals surface area contributed by atoms with Crippen LogP contribution >= 0.6 is 0 Å². The van der Waals surface area contributed by atoms with Gasteiger partial charge in [0.15, 0.2) is 0 Å². The largest absolute Gasteiger partial charge is 0.492 e. The van der Waals surface area contributed by atoms with Crippen molar-refractivity contribution in [2.45, 2.75) is 12.8 Å². The Morgan fingerprint density at radius 3 is 2.23 bits per heavy atom. The highest BCUT2D eigenvalue weighted by molar-refractivity contribution is 5.77. The minimum atomic E-state index is -0.711. The topological polar surface area (TPSA) is 95.2 Å². The van der Waals surface area contributed by atoms with Gasteiger partial charge in [0.05, 0.1) is 0 Å². The van der Waals surface area contributed by atoms with Crippen LogP contribution in [0.2, 0.25) is 0 Å². The van der Waals surface area contributed by atoms with Crippen molar-refractivity contribution < 1.29 is 24.6 Å². The van der Waals surface area contributed by atoms with Crippen molar-refractivity contribution in [1.82, 2.24) is 14.5 Å². The van der Waals surface area contributed by atoms with Crippen LogP contribution < -0.4 is 4.84 Å². The molecule has 1 fully saturated rings. The molecule has 22 heavy (non-hydrogen) atoms. The van der Waals surface area contributed by atoms with Crippen LogP contribution in [0.4, 0.5) is 4.79 Å². The molecule has 0 bridgehead atoms. The first-order chi connectivity index (χ1) is 10.5. The lowest BCUT2D eigenvalue weighted by atomic mass is 10.2. The molecular weight excluding hydrogens is 290 g/mol.